The summed E-state index contributed by atoms with van der Waals surface area (Å²) in [6.45, 7) is 4.05. The number of rotatable bonds is 12. The third kappa shape index (κ3) is 8.25. The van der Waals surface area contributed by atoms with E-state index in [9.17, 15) is 14.7 Å². The third-order valence-electron chi connectivity index (χ3n) is 7.25. The van der Waals surface area contributed by atoms with Crippen LogP contribution in [0.2, 0.25) is 0 Å². The summed E-state index contributed by atoms with van der Waals surface area (Å²) in [5.74, 6) is 0.0902. The molecule has 0 saturated heterocycles. The number of carbonyl (C=O) groups excluding carboxylic acids is 1. The average molecular weight is 500 g/mol. The molecule has 1 saturated carbocycles. The minimum absolute atomic E-state index is 0.276. The lowest BCUT2D eigenvalue weighted by atomic mass is 9.85. The Labute approximate surface area is 215 Å². The van der Waals surface area contributed by atoms with Crippen molar-refractivity contribution in [1.29, 1.82) is 0 Å². The van der Waals surface area contributed by atoms with Crippen LogP contribution in [0.25, 0.3) is 5.57 Å². The highest BCUT2D eigenvalue weighted by atomic mass is 32.2. The predicted molar refractivity (Wildman–Crippen MR) is 145 cm³/mol. The van der Waals surface area contributed by atoms with E-state index < -0.39 is 18.0 Å². The van der Waals surface area contributed by atoms with Gasteiger partial charge in [0.05, 0.1) is 5.56 Å². The molecule has 0 heterocycles. The smallest absolute Gasteiger partial charge is 0.345 e. The Morgan fingerprint density at radius 2 is 2.00 bits per heavy atom. The van der Waals surface area contributed by atoms with E-state index in [-0.39, 0.29) is 5.92 Å². The standard InChI is InChI=1S/C29H41NO4S/c1-21-9-7-8-12-24(21)26-19-23(20-30(2)17-15-22-10-5-4-6-11-22)13-14-25(26)29(33)34-27(28(31)32)16-18-35-3/h7-8,12-14,19,21-22,27H,4-6,9-11,15-18,20H2,1-3H3,(H,31,32). The zero-order valence-electron chi connectivity index (χ0n) is 21.5. The molecule has 2 unspecified atom stereocenters. The van der Waals surface area contributed by atoms with E-state index in [1.807, 2.05) is 24.5 Å². The zero-order valence-corrected chi connectivity index (χ0v) is 22.3. The lowest BCUT2D eigenvalue weighted by Gasteiger charge is -2.25. The number of benzene rings is 1. The summed E-state index contributed by atoms with van der Waals surface area (Å²) in [7, 11) is 2.17. The molecule has 2 atom stereocenters. The van der Waals surface area contributed by atoms with Crippen molar-refractivity contribution in [1.82, 2.24) is 4.90 Å². The first-order valence-corrected chi connectivity index (χ1v) is 14.4. The first-order chi connectivity index (χ1) is 16.9. The van der Waals surface area contributed by atoms with E-state index in [4.69, 9.17) is 4.74 Å². The Bertz CT molecular complexity index is 919. The van der Waals surface area contributed by atoms with Crippen LogP contribution in [-0.2, 0) is 16.1 Å². The average Bonchev–Trinajstić information content (AvgIpc) is 2.86. The summed E-state index contributed by atoms with van der Waals surface area (Å²) < 4.78 is 5.49. The molecule has 6 heteroatoms. The highest BCUT2D eigenvalue weighted by Gasteiger charge is 2.26. The van der Waals surface area contributed by atoms with Crippen LogP contribution in [0.5, 0.6) is 0 Å². The normalized spacial score (nSPS) is 19.4. The van der Waals surface area contributed by atoms with Crippen LogP contribution in [0.1, 0.15) is 79.8 Å². The van der Waals surface area contributed by atoms with Crippen molar-refractivity contribution in [2.45, 2.75) is 70.9 Å². The number of carboxylic acids is 1. The Hall–Kier alpha value is -2.05. The van der Waals surface area contributed by atoms with Crippen LogP contribution >= 0.6 is 11.8 Å². The molecular formula is C29H41NO4S. The fourth-order valence-corrected chi connectivity index (χ4v) is 5.58. The molecule has 2 aliphatic rings. The minimum atomic E-state index is -1.13. The van der Waals surface area contributed by atoms with Crippen molar-refractivity contribution in [3.8, 4) is 0 Å². The quantitative estimate of drug-likeness (QED) is 0.334. The molecule has 3 rings (SSSR count). The van der Waals surface area contributed by atoms with E-state index in [2.05, 4.69) is 37.1 Å². The van der Waals surface area contributed by atoms with Crippen molar-refractivity contribution < 1.29 is 19.4 Å². The number of ether oxygens (including phenoxy) is 1. The molecule has 192 valence electrons. The van der Waals surface area contributed by atoms with Crippen LogP contribution in [-0.4, -0.2) is 53.7 Å². The van der Waals surface area contributed by atoms with E-state index in [0.717, 1.165) is 42.1 Å². The number of thioether (sulfide) groups is 1. The van der Waals surface area contributed by atoms with Crippen molar-refractivity contribution in [3.05, 3.63) is 53.1 Å². The molecule has 1 aromatic carbocycles. The maximum atomic E-state index is 13.2. The zero-order chi connectivity index (χ0) is 25.2. The van der Waals surface area contributed by atoms with Gasteiger partial charge in [-0.05, 0) is 79.1 Å². The van der Waals surface area contributed by atoms with Gasteiger partial charge in [0.2, 0.25) is 0 Å². The SMILES string of the molecule is CSCCC(OC(=O)c1ccc(CN(C)CCC2CCCCC2)cc1C1=CC=CCC1C)C(=O)O. The number of hydrogen-bond acceptors (Lipinski definition) is 5. The molecule has 0 spiro atoms. The Balaban J connectivity index is 1.77. The third-order valence-corrected chi connectivity index (χ3v) is 7.90. The monoisotopic (exact) mass is 499 g/mol. The minimum Gasteiger partial charge on any atom is -0.479 e. The first kappa shape index (κ1) is 27.5. The van der Waals surface area contributed by atoms with Gasteiger partial charge in [-0.2, -0.15) is 11.8 Å². The van der Waals surface area contributed by atoms with E-state index in [1.165, 1.54) is 38.5 Å². The van der Waals surface area contributed by atoms with E-state index in [0.29, 0.717) is 17.7 Å². The van der Waals surface area contributed by atoms with Gasteiger partial charge in [-0.15, -0.1) is 0 Å². The van der Waals surface area contributed by atoms with E-state index >= 15 is 0 Å². The molecule has 5 nitrogen and oxygen atoms in total. The number of hydrogen-bond donors (Lipinski definition) is 1. The largest absolute Gasteiger partial charge is 0.479 e. The lowest BCUT2D eigenvalue weighted by molar-refractivity contribution is -0.147. The Kier molecular flexibility index (Phi) is 10.9. The highest BCUT2D eigenvalue weighted by Crippen LogP contribution is 2.33. The van der Waals surface area contributed by atoms with Gasteiger partial charge in [-0.25, -0.2) is 9.59 Å². The predicted octanol–water partition coefficient (Wildman–Crippen LogP) is 6.43. The van der Waals surface area contributed by atoms with E-state index in [1.54, 1.807) is 11.8 Å². The van der Waals surface area contributed by atoms with Crippen LogP contribution in [0, 0.1) is 11.8 Å². The van der Waals surface area contributed by atoms with Gasteiger partial charge in [0, 0.05) is 13.0 Å². The summed E-state index contributed by atoms with van der Waals surface area (Å²) >= 11 is 1.54. The number of nitrogens with zero attached hydrogens (tertiary/aromatic N) is 1. The van der Waals surface area contributed by atoms with Gasteiger partial charge in [0.15, 0.2) is 6.10 Å². The molecule has 0 aromatic heterocycles. The van der Waals surface area contributed by atoms with Crippen LogP contribution < -0.4 is 0 Å². The molecule has 35 heavy (non-hydrogen) atoms. The highest BCUT2D eigenvalue weighted by molar-refractivity contribution is 7.98. The fraction of sp³-hybridized carbons (Fsp3) is 0.586. The molecule has 1 fully saturated rings. The van der Waals surface area contributed by atoms with Crippen molar-refractivity contribution in [2.24, 2.45) is 11.8 Å². The number of esters is 1. The van der Waals surface area contributed by atoms with Crippen LogP contribution in [0.4, 0.5) is 0 Å². The molecule has 1 N–H and O–H groups in total. The number of aliphatic carboxylic acids is 1. The van der Waals surface area contributed by atoms with Crippen molar-refractivity contribution in [2.75, 3.05) is 25.6 Å². The molecule has 2 aliphatic carbocycles. The summed E-state index contributed by atoms with van der Waals surface area (Å²) in [6, 6.07) is 5.91. The van der Waals surface area contributed by atoms with Crippen LogP contribution in [0.3, 0.4) is 0 Å². The van der Waals surface area contributed by atoms with Gasteiger partial charge in [-0.3, -0.25) is 0 Å². The summed E-state index contributed by atoms with van der Waals surface area (Å²) in [5.41, 5.74) is 3.56. The van der Waals surface area contributed by atoms with Crippen molar-refractivity contribution >= 4 is 29.3 Å². The first-order valence-electron chi connectivity index (χ1n) is 13.0. The summed E-state index contributed by atoms with van der Waals surface area (Å²) in [6.07, 6.45) is 16.3. The molecule has 0 bridgehead atoms. The summed E-state index contributed by atoms with van der Waals surface area (Å²) in [4.78, 5) is 27.2. The number of allylic oxidation sites excluding steroid dienone is 4. The van der Waals surface area contributed by atoms with Crippen LogP contribution in [0.15, 0.2) is 36.4 Å². The number of carboxylic acid groups (broad SMARTS) is 1. The number of carbonyl (C=O) groups is 2. The molecule has 0 aliphatic heterocycles. The molecule has 1 aromatic rings. The fourth-order valence-electron chi connectivity index (χ4n) is 5.13. The lowest BCUT2D eigenvalue weighted by Crippen LogP contribution is -2.28. The Morgan fingerprint density at radius 3 is 2.69 bits per heavy atom. The second kappa shape index (κ2) is 13.9. The molecule has 0 amide bonds. The second-order valence-electron chi connectivity index (χ2n) is 10.1. The van der Waals surface area contributed by atoms with Gasteiger partial charge < -0.3 is 14.7 Å². The molecular weight excluding hydrogens is 458 g/mol. The second-order valence-corrected chi connectivity index (χ2v) is 11.1. The maximum Gasteiger partial charge on any atom is 0.345 e. The van der Waals surface area contributed by atoms with Gasteiger partial charge in [0.25, 0.3) is 0 Å². The summed E-state index contributed by atoms with van der Waals surface area (Å²) in [5, 5.41) is 9.53. The van der Waals surface area contributed by atoms with Gasteiger partial charge in [-0.1, -0.05) is 63.3 Å². The maximum absolute atomic E-state index is 13.2. The van der Waals surface area contributed by atoms with Crippen molar-refractivity contribution in [3.63, 3.8) is 0 Å². The topological polar surface area (TPSA) is 66.8 Å². The van der Waals surface area contributed by atoms with Gasteiger partial charge >= 0.3 is 11.9 Å². The Morgan fingerprint density at radius 1 is 1.23 bits per heavy atom. The molecule has 0 radical (unpaired) electrons. The van der Waals surface area contributed by atoms with Gasteiger partial charge in [0.1, 0.15) is 0 Å².